The third kappa shape index (κ3) is 3.97. The van der Waals surface area contributed by atoms with Crippen LogP contribution in [-0.2, 0) is 6.42 Å². The van der Waals surface area contributed by atoms with Gasteiger partial charge in [-0.05, 0) is 43.2 Å². The van der Waals surface area contributed by atoms with Crippen LogP contribution in [0.25, 0.3) is 5.69 Å². The monoisotopic (exact) mass is 395 g/mol. The summed E-state index contributed by atoms with van der Waals surface area (Å²) < 4.78 is 1.37. The molecule has 8 heteroatoms. The van der Waals surface area contributed by atoms with Crippen molar-refractivity contribution >= 4 is 11.7 Å². The summed E-state index contributed by atoms with van der Waals surface area (Å²) in [6, 6.07) is 9.49. The third-order valence-corrected chi connectivity index (χ3v) is 4.94. The van der Waals surface area contributed by atoms with Crippen molar-refractivity contribution in [1.29, 1.82) is 5.26 Å². The largest absolute Gasteiger partial charge is 0.395 e. The van der Waals surface area contributed by atoms with E-state index in [1.807, 2.05) is 6.07 Å². The molecule has 2 N–H and O–H groups in total. The number of pyridine rings is 1. The molecular weight excluding hydrogens is 374 g/mol. The van der Waals surface area contributed by atoms with E-state index in [0.29, 0.717) is 41.8 Å². The number of amides is 1. The molecule has 8 nitrogen and oxygen atoms in total. The van der Waals surface area contributed by atoms with Crippen LogP contribution in [0.2, 0.25) is 0 Å². The van der Waals surface area contributed by atoms with Crippen LogP contribution >= 0.6 is 0 Å². The van der Waals surface area contributed by atoms with Crippen LogP contribution in [0, 0.1) is 11.3 Å². The lowest BCUT2D eigenvalue weighted by molar-refractivity contribution is 0.0684. The van der Waals surface area contributed by atoms with E-state index in [4.69, 9.17) is 10.2 Å². The Morgan fingerprint density at radius 3 is 2.34 bits per heavy atom. The summed E-state index contributed by atoms with van der Waals surface area (Å²) in [4.78, 5) is 38.9. The van der Waals surface area contributed by atoms with Gasteiger partial charge in [0.15, 0.2) is 5.78 Å². The molecule has 0 unspecified atom stereocenters. The Balaban J connectivity index is 2.04. The standard InChI is InChI=1S/C21H21N3O5/c22-13-15-12-17-18(2-1-3-19(17)27)24(21(15)29)16-6-4-14(5-7-16)20(28)23(8-10-25)9-11-26/h4-7,12,25-26H,1-3,8-11H2. The number of hydrogen-bond acceptors (Lipinski definition) is 6. The first-order valence-electron chi connectivity index (χ1n) is 9.35. The van der Waals surface area contributed by atoms with Gasteiger partial charge in [0, 0.05) is 42.0 Å². The second-order valence-electron chi connectivity index (χ2n) is 6.73. The van der Waals surface area contributed by atoms with Gasteiger partial charge < -0.3 is 15.1 Å². The Kier molecular flexibility index (Phi) is 6.22. The SMILES string of the molecule is N#Cc1cc2c(n(-c3ccc(C(=O)N(CCO)CCO)cc3)c1=O)CCCC2=O. The smallest absolute Gasteiger partial charge is 0.273 e. The number of rotatable bonds is 6. The van der Waals surface area contributed by atoms with Crippen LogP contribution in [0.1, 0.15) is 44.8 Å². The average molecular weight is 395 g/mol. The number of ketones is 1. The minimum atomic E-state index is -0.498. The fraction of sp³-hybridized carbons (Fsp3) is 0.333. The molecule has 0 saturated heterocycles. The number of benzene rings is 1. The Labute approximate surface area is 167 Å². The minimum absolute atomic E-state index is 0.0908. The summed E-state index contributed by atoms with van der Waals surface area (Å²) in [5.41, 5.74) is 1.17. The van der Waals surface area contributed by atoms with Crippen molar-refractivity contribution in [3.63, 3.8) is 0 Å². The van der Waals surface area contributed by atoms with Gasteiger partial charge in [-0.25, -0.2) is 0 Å². The summed E-state index contributed by atoms with van der Waals surface area (Å²) in [5, 5.41) is 27.5. The molecule has 2 aromatic rings. The van der Waals surface area contributed by atoms with Crippen LogP contribution in [0.3, 0.4) is 0 Å². The number of carbonyl (C=O) groups excluding carboxylic acids is 2. The summed E-state index contributed by atoms with van der Waals surface area (Å²) in [6.45, 7) is -0.248. The van der Waals surface area contributed by atoms with Crippen molar-refractivity contribution in [3.8, 4) is 11.8 Å². The molecule has 1 amide bonds. The zero-order chi connectivity index (χ0) is 21.0. The van der Waals surface area contributed by atoms with Gasteiger partial charge in [-0.1, -0.05) is 0 Å². The average Bonchev–Trinajstić information content (AvgIpc) is 2.73. The van der Waals surface area contributed by atoms with Crippen molar-refractivity contribution in [2.75, 3.05) is 26.3 Å². The second kappa shape index (κ2) is 8.82. The number of carbonyl (C=O) groups is 2. The molecular formula is C21H21N3O5. The van der Waals surface area contributed by atoms with E-state index < -0.39 is 5.56 Å². The second-order valence-corrected chi connectivity index (χ2v) is 6.73. The number of hydrogen-bond donors (Lipinski definition) is 2. The molecule has 0 spiro atoms. The first kappa shape index (κ1) is 20.5. The predicted octanol–water partition coefficient (Wildman–Crippen LogP) is 0.655. The third-order valence-electron chi connectivity index (χ3n) is 4.94. The number of Topliss-reactive ketones (excluding diaryl/α,β-unsaturated/α-hetero) is 1. The minimum Gasteiger partial charge on any atom is -0.395 e. The maximum atomic E-state index is 12.8. The number of aliphatic hydroxyl groups is 2. The molecule has 0 bridgehead atoms. The van der Waals surface area contributed by atoms with Gasteiger partial charge in [-0.2, -0.15) is 5.26 Å². The summed E-state index contributed by atoms with van der Waals surface area (Å²) in [7, 11) is 0. The van der Waals surface area contributed by atoms with Gasteiger partial charge in [0.2, 0.25) is 0 Å². The van der Waals surface area contributed by atoms with Crippen LogP contribution < -0.4 is 5.56 Å². The van der Waals surface area contributed by atoms with Crippen LogP contribution in [0.4, 0.5) is 0 Å². The Hall–Kier alpha value is -3.28. The summed E-state index contributed by atoms with van der Waals surface area (Å²) in [6.07, 6.45) is 1.56. The lowest BCUT2D eigenvalue weighted by Crippen LogP contribution is -2.35. The first-order chi connectivity index (χ1) is 14.0. The van der Waals surface area contributed by atoms with E-state index in [2.05, 4.69) is 0 Å². The highest BCUT2D eigenvalue weighted by molar-refractivity contribution is 5.98. The highest BCUT2D eigenvalue weighted by Gasteiger charge is 2.24. The number of nitriles is 1. The Morgan fingerprint density at radius 1 is 1.10 bits per heavy atom. The van der Waals surface area contributed by atoms with Gasteiger partial charge in [0.05, 0.1) is 13.2 Å². The molecule has 0 radical (unpaired) electrons. The molecule has 1 heterocycles. The topological polar surface area (TPSA) is 124 Å². The Bertz CT molecular complexity index is 1030. The molecule has 1 aliphatic carbocycles. The number of aliphatic hydroxyl groups excluding tert-OH is 2. The summed E-state index contributed by atoms with van der Waals surface area (Å²) in [5.74, 6) is -0.443. The number of fused-ring (bicyclic) bond motifs is 1. The fourth-order valence-electron chi connectivity index (χ4n) is 3.54. The first-order valence-corrected chi connectivity index (χ1v) is 9.35. The van der Waals surface area contributed by atoms with Gasteiger partial charge in [-0.3, -0.25) is 19.0 Å². The van der Waals surface area contributed by atoms with Crippen molar-refractivity contribution < 1.29 is 19.8 Å². The molecule has 1 aromatic heterocycles. The molecule has 3 rings (SSSR count). The normalized spacial score (nSPS) is 12.9. The zero-order valence-corrected chi connectivity index (χ0v) is 15.8. The van der Waals surface area contributed by atoms with Crippen LogP contribution in [-0.4, -0.2) is 57.7 Å². The quantitative estimate of drug-likeness (QED) is 0.740. The van der Waals surface area contributed by atoms with E-state index in [0.717, 1.165) is 0 Å². The van der Waals surface area contributed by atoms with E-state index in [1.165, 1.54) is 15.5 Å². The van der Waals surface area contributed by atoms with E-state index >= 15 is 0 Å². The molecule has 0 atom stereocenters. The maximum absolute atomic E-state index is 12.8. The molecule has 1 aromatic carbocycles. The molecule has 0 fully saturated rings. The van der Waals surface area contributed by atoms with Crippen LogP contribution in [0.15, 0.2) is 35.1 Å². The molecule has 0 saturated carbocycles. The van der Waals surface area contributed by atoms with Gasteiger partial charge >= 0.3 is 0 Å². The number of nitrogens with zero attached hydrogens (tertiary/aromatic N) is 3. The van der Waals surface area contributed by atoms with Gasteiger partial charge in [0.25, 0.3) is 11.5 Å². The summed E-state index contributed by atoms with van der Waals surface area (Å²) >= 11 is 0. The zero-order valence-electron chi connectivity index (χ0n) is 15.8. The van der Waals surface area contributed by atoms with E-state index in [9.17, 15) is 19.6 Å². The predicted molar refractivity (Wildman–Crippen MR) is 104 cm³/mol. The van der Waals surface area contributed by atoms with Crippen molar-refractivity contribution in [2.24, 2.45) is 0 Å². The maximum Gasteiger partial charge on any atom is 0.273 e. The highest BCUT2D eigenvalue weighted by Crippen LogP contribution is 2.23. The fourth-order valence-corrected chi connectivity index (χ4v) is 3.54. The van der Waals surface area contributed by atoms with Crippen molar-refractivity contribution in [1.82, 2.24) is 9.47 Å². The lowest BCUT2D eigenvalue weighted by Gasteiger charge is -2.22. The van der Waals surface area contributed by atoms with E-state index in [-0.39, 0.29) is 43.6 Å². The molecule has 0 aliphatic heterocycles. The van der Waals surface area contributed by atoms with Crippen molar-refractivity contribution in [3.05, 3.63) is 63.1 Å². The Morgan fingerprint density at radius 2 is 1.76 bits per heavy atom. The number of aromatic nitrogens is 1. The van der Waals surface area contributed by atoms with Crippen molar-refractivity contribution in [2.45, 2.75) is 19.3 Å². The molecule has 1 aliphatic rings. The molecule has 150 valence electrons. The lowest BCUT2D eigenvalue weighted by atomic mass is 9.93. The van der Waals surface area contributed by atoms with E-state index in [1.54, 1.807) is 24.3 Å². The highest BCUT2D eigenvalue weighted by atomic mass is 16.3. The molecule has 29 heavy (non-hydrogen) atoms. The van der Waals surface area contributed by atoms with Crippen LogP contribution in [0.5, 0.6) is 0 Å². The van der Waals surface area contributed by atoms with Gasteiger partial charge in [-0.15, -0.1) is 0 Å². The van der Waals surface area contributed by atoms with Gasteiger partial charge in [0.1, 0.15) is 11.6 Å².